The normalized spacial score (nSPS) is 23.6. The van der Waals surface area contributed by atoms with Gasteiger partial charge in [0.15, 0.2) is 0 Å². The van der Waals surface area contributed by atoms with Crippen molar-refractivity contribution in [1.82, 2.24) is 9.88 Å². The Bertz CT molecular complexity index is 529. The Labute approximate surface area is 113 Å². The van der Waals surface area contributed by atoms with Crippen LogP contribution in [0.4, 0.5) is 0 Å². The molecule has 1 unspecified atom stereocenters. The summed E-state index contributed by atoms with van der Waals surface area (Å²) in [4.78, 5) is 6.46. The minimum absolute atomic E-state index is 0.348. The van der Waals surface area contributed by atoms with Gasteiger partial charge in [0.2, 0.25) is 0 Å². The Kier molecular flexibility index (Phi) is 3.32. The molecule has 2 aromatic rings. The van der Waals surface area contributed by atoms with Crippen LogP contribution >= 0.6 is 0 Å². The first-order valence-electron chi connectivity index (χ1n) is 6.62. The lowest BCUT2D eigenvalue weighted by atomic mass is 10.0. The van der Waals surface area contributed by atoms with E-state index in [1.54, 1.807) is 0 Å². The second kappa shape index (κ2) is 5.11. The van der Waals surface area contributed by atoms with Crippen molar-refractivity contribution in [3.63, 3.8) is 0 Å². The lowest BCUT2D eigenvalue weighted by molar-refractivity contribution is -0.0765. The van der Waals surface area contributed by atoms with Gasteiger partial charge in [-0.15, -0.1) is 0 Å². The van der Waals surface area contributed by atoms with Crippen molar-refractivity contribution in [3.8, 4) is 0 Å². The van der Waals surface area contributed by atoms with Crippen LogP contribution in [0.3, 0.4) is 0 Å². The molecule has 2 heterocycles. The van der Waals surface area contributed by atoms with Crippen LogP contribution in [-0.2, 0) is 17.0 Å². The maximum Gasteiger partial charge on any atom is 0.145 e. The number of aromatic nitrogens is 1. The topological polar surface area (TPSA) is 25.4 Å². The van der Waals surface area contributed by atoms with E-state index in [4.69, 9.17) is 4.74 Å². The largest absolute Gasteiger partial charge is 0.355 e. The predicted molar refractivity (Wildman–Crippen MR) is 74.4 cm³/mol. The molecule has 0 amide bonds. The van der Waals surface area contributed by atoms with Gasteiger partial charge in [-0.05, 0) is 24.6 Å². The van der Waals surface area contributed by atoms with Crippen molar-refractivity contribution in [2.75, 3.05) is 13.2 Å². The molecule has 1 aliphatic heterocycles. The molecule has 1 aromatic heterocycles. The molecule has 1 aliphatic rings. The minimum atomic E-state index is -0.348. The molecular weight excluding hydrogens is 236 g/mol. The highest BCUT2D eigenvalue weighted by atomic mass is 16.5. The molecule has 0 N–H and O–H groups in total. The fourth-order valence-corrected chi connectivity index (χ4v) is 2.62. The third kappa shape index (κ3) is 2.39. The Hall–Kier alpha value is -1.71. The summed E-state index contributed by atoms with van der Waals surface area (Å²) in [7, 11) is 0. The predicted octanol–water partition coefficient (Wildman–Crippen LogP) is 2.79. The molecule has 0 aliphatic carbocycles. The second-order valence-electron chi connectivity index (χ2n) is 4.97. The Morgan fingerprint density at radius 3 is 2.63 bits per heavy atom. The van der Waals surface area contributed by atoms with Gasteiger partial charge in [0.25, 0.3) is 0 Å². The number of rotatable bonds is 3. The number of hydrogen-bond donors (Lipinski definition) is 0. The number of hydrogen-bond acceptors (Lipinski definition) is 3. The Morgan fingerprint density at radius 2 is 1.89 bits per heavy atom. The Balaban J connectivity index is 1.85. The third-order valence-electron chi connectivity index (χ3n) is 3.78. The van der Waals surface area contributed by atoms with Crippen LogP contribution in [0.25, 0.3) is 0 Å². The summed E-state index contributed by atoms with van der Waals surface area (Å²) in [6.07, 6.45) is 3.64. The molecule has 1 fully saturated rings. The van der Waals surface area contributed by atoms with E-state index in [2.05, 4.69) is 41.1 Å². The average Bonchev–Trinajstić information content (AvgIpc) is 2.84. The summed E-state index contributed by atoms with van der Waals surface area (Å²) in [5.74, 6) is 0. The number of ether oxygens (including phenoxy) is 1. The molecule has 1 aromatic carbocycles. The maximum atomic E-state index is 6.01. The fourth-order valence-electron chi connectivity index (χ4n) is 2.62. The molecule has 0 spiro atoms. The first-order valence-corrected chi connectivity index (χ1v) is 6.62. The maximum absolute atomic E-state index is 6.01. The quantitative estimate of drug-likeness (QED) is 0.842. The summed E-state index contributed by atoms with van der Waals surface area (Å²) in [5, 5.41) is 0. The SMILES string of the molecule is CC1(c2ccncc2)OCCN1Cc1ccccc1. The highest BCUT2D eigenvalue weighted by Gasteiger charge is 2.39. The summed E-state index contributed by atoms with van der Waals surface area (Å²) in [6, 6.07) is 14.6. The molecule has 1 saturated heterocycles. The molecule has 98 valence electrons. The van der Waals surface area contributed by atoms with Crippen LogP contribution in [0, 0.1) is 0 Å². The first kappa shape index (κ1) is 12.3. The monoisotopic (exact) mass is 254 g/mol. The van der Waals surface area contributed by atoms with Crippen LogP contribution in [-0.4, -0.2) is 23.0 Å². The van der Waals surface area contributed by atoms with Crippen LogP contribution in [0.15, 0.2) is 54.9 Å². The molecular formula is C16H18N2O. The number of benzene rings is 1. The van der Waals surface area contributed by atoms with Crippen LogP contribution in [0.5, 0.6) is 0 Å². The fraction of sp³-hybridized carbons (Fsp3) is 0.312. The van der Waals surface area contributed by atoms with Crippen molar-refractivity contribution < 1.29 is 4.74 Å². The summed E-state index contributed by atoms with van der Waals surface area (Å²) >= 11 is 0. The van der Waals surface area contributed by atoms with Gasteiger partial charge >= 0.3 is 0 Å². The zero-order chi connectivity index (χ0) is 13.1. The van der Waals surface area contributed by atoms with Crippen LogP contribution < -0.4 is 0 Å². The van der Waals surface area contributed by atoms with E-state index in [0.29, 0.717) is 0 Å². The van der Waals surface area contributed by atoms with Gasteiger partial charge in [0, 0.05) is 31.0 Å². The first-order chi connectivity index (χ1) is 9.29. The highest BCUT2D eigenvalue weighted by Crippen LogP contribution is 2.34. The molecule has 0 radical (unpaired) electrons. The van der Waals surface area contributed by atoms with Gasteiger partial charge in [0.1, 0.15) is 5.72 Å². The van der Waals surface area contributed by atoms with E-state index in [-0.39, 0.29) is 5.72 Å². The number of nitrogens with zero attached hydrogens (tertiary/aromatic N) is 2. The minimum Gasteiger partial charge on any atom is -0.355 e. The number of pyridine rings is 1. The van der Waals surface area contributed by atoms with E-state index in [1.165, 1.54) is 5.56 Å². The molecule has 0 saturated carbocycles. The summed E-state index contributed by atoms with van der Waals surface area (Å²) in [5.41, 5.74) is 2.13. The van der Waals surface area contributed by atoms with Gasteiger partial charge in [-0.25, -0.2) is 0 Å². The second-order valence-corrected chi connectivity index (χ2v) is 4.97. The van der Waals surface area contributed by atoms with Crippen LogP contribution in [0.1, 0.15) is 18.1 Å². The van der Waals surface area contributed by atoms with Crippen molar-refractivity contribution in [1.29, 1.82) is 0 Å². The average molecular weight is 254 g/mol. The van der Waals surface area contributed by atoms with Gasteiger partial charge in [0.05, 0.1) is 6.61 Å². The van der Waals surface area contributed by atoms with Gasteiger partial charge in [-0.1, -0.05) is 30.3 Å². The zero-order valence-corrected chi connectivity index (χ0v) is 11.1. The molecule has 3 rings (SSSR count). The van der Waals surface area contributed by atoms with Gasteiger partial charge < -0.3 is 4.74 Å². The highest BCUT2D eigenvalue weighted by molar-refractivity contribution is 5.21. The Morgan fingerprint density at radius 1 is 1.16 bits per heavy atom. The van der Waals surface area contributed by atoms with Crippen molar-refractivity contribution >= 4 is 0 Å². The zero-order valence-electron chi connectivity index (χ0n) is 11.1. The molecule has 0 bridgehead atoms. The lowest BCUT2D eigenvalue weighted by Gasteiger charge is -2.34. The standard InChI is InChI=1S/C16H18N2O/c1-16(15-7-9-17-10-8-15)18(11-12-19-16)13-14-5-3-2-4-6-14/h2-10H,11-13H2,1H3. The molecule has 1 atom stereocenters. The molecule has 19 heavy (non-hydrogen) atoms. The van der Waals surface area contributed by atoms with E-state index in [0.717, 1.165) is 25.3 Å². The van der Waals surface area contributed by atoms with E-state index in [1.807, 2.05) is 30.6 Å². The van der Waals surface area contributed by atoms with Crippen LogP contribution in [0.2, 0.25) is 0 Å². The van der Waals surface area contributed by atoms with E-state index in [9.17, 15) is 0 Å². The van der Waals surface area contributed by atoms with E-state index < -0.39 is 0 Å². The molecule has 3 heteroatoms. The smallest absolute Gasteiger partial charge is 0.145 e. The van der Waals surface area contributed by atoms with Crippen molar-refractivity contribution in [3.05, 3.63) is 66.0 Å². The van der Waals surface area contributed by atoms with Gasteiger partial charge in [-0.2, -0.15) is 0 Å². The molecule has 3 nitrogen and oxygen atoms in total. The van der Waals surface area contributed by atoms with Gasteiger partial charge in [-0.3, -0.25) is 9.88 Å². The lowest BCUT2D eigenvalue weighted by Crippen LogP contribution is -2.39. The van der Waals surface area contributed by atoms with E-state index >= 15 is 0 Å². The third-order valence-corrected chi connectivity index (χ3v) is 3.78. The summed E-state index contributed by atoms with van der Waals surface area (Å²) < 4.78 is 6.01. The van der Waals surface area contributed by atoms with Crippen molar-refractivity contribution in [2.24, 2.45) is 0 Å². The summed E-state index contributed by atoms with van der Waals surface area (Å²) in [6.45, 7) is 4.76. The van der Waals surface area contributed by atoms with Crippen molar-refractivity contribution in [2.45, 2.75) is 19.2 Å².